The van der Waals surface area contributed by atoms with Gasteiger partial charge in [-0.05, 0) is 32.0 Å². The summed E-state index contributed by atoms with van der Waals surface area (Å²) in [5, 5.41) is 0.959. The van der Waals surface area contributed by atoms with Crippen molar-refractivity contribution in [3.05, 3.63) is 65.4 Å². The molecule has 3 heterocycles. The summed E-state index contributed by atoms with van der Waals surface area (Å²) in [6.45, 7) is 5.32. The van der Waals surface area contributed by atoms with E-state index >= 15 is 0 Å². The number of fused-ring (bicyclic) bond motifs is 1. The predicted octanol–water partition coefficient (Wildman–Crippen LogP) is 2.86. The average Bonchev–Trinajstić information content (AvgIpc) is 2.66. The van der Waals surface area contributed by atoms with E-state index in [0.717, 1.165) is 22.3 Å². The fraction of sp³-hybridized carbons (Fsp3) is 0.300. The van der Waals surface area contributed by atoms with Crippen LogP contribution in [0.3, 0.4) is 0 Å². The monoisotopic (exact) mass is 348 g/mol. The molecule has 3 aromatic rings. The second kappa shape index (κ2) is 6.80. The van der Waals surface area contributed by atoms with E-state index in [1.165, 1.54) is 0 Å². The molecule has 1 amide bonds. The number of hydrogen-bond acceptors (Lipinski definition) is 5. The van der Waals surface area contributed by atoms with Gasteiger partial charge in [0, 0.05) is 29.5 Å². The van der Waals surface area contributed by atoms with Gasteiger partial charge in [0.05, 0.1) is 24.2 Å². The Hall–Kier alpha value is -2.86. The predicted molar refractivity (Wildman–Crippen MR) is 97.8 cm³/mol. The molecule has 0 unspecified atom stereocenters. The molecule has 0 spiro atoms. The normalized spacial score (nSPS) is 17.5. The Morgan fingerprint density at radius 3 is 2.73 bits per heavy atom. The number of nitrogens with zero attached hydrogens (tertiary/aromatic N) is 4. The van der Waals surface area contributed by atoms with E-state index in [4.69, 9.17) is 4.74 Å². The zero-order valence-electron chi connectivity index (χ0n) is 14.8. The van der Waals surface area contributed by atoms with Crippen LogP contribution >= 0.6 is 0 Å². The van der Waals surface area contributed by atoms with E-state index in [1.807, 2.05) is 50.2 Å². The Morgan fingerprint density at radius 1 is 1.15 bits per heavy atom. The van der Waals surface area contributed by atoms with Gasteiger partial charge >= 0.3 is 0 Å². The highest BCUT2D eigenvalue weighted by Gasteiger charge is 2.28. The minimum atomic E-state index is -0.306. The molecule has 132 valence electrons. The number of pyridine rings is 1. The third kappa shape index (κ3) is 3.28. The standard InChI is InChI=1S/C20H20N4O2/c1-13-9-14(2)23-19(22-13)18-12-24(7-8-26-18)20(25)16-10-15-5-3-4-6-17(15)21-11-16/h3-6,9-11,18H,7-8,12H2,1-2H3/t18-/m0/s1. The number of rotatable bonds is 2. The number of benzene rings is 1. The zero-order chi connectivity index (χ0) is 18.1. The van der Waals surface area contributed by atoms with Crippen molar-refractivity contribution >= 4 is 16.8 Å². The van der Waals surface area contributed by atoms with E-state index in [-0.39, 0.29) is 12.0 Å². The molecule has 0 N–H and O–H groups in total. The topological polar surface area (TPSA) is 68.2 Å². The lowest BCUT2D eigenvalue weighted by molar-refractivity contribution is -0.0269. The van der Waals surface area contributed by atoms with Crippen LogP contribution in [0, 0.1) is 13.8 Å². The van der Waals surface area contributed by atoms with Crippen LogP contribution < -0.4 is 0 Å². The third-order valence-electron chi connectivity index (χ3n) is 4.48. The molecule has 1 aliphatic rings. The molecule has 1 aliphatic heterocycles. The largest absolute Gasteiger partial charge is 0.367 e. The number of para-hydroxylation sites is 1. The van der Waals surface area contributed by atoms with Gasteiger partial charge in [0.25, 0.3) is 5.91 Å². The number of morpholine rings is 1. The van der Waals surface area contributed by atoms with Gasteiger partial charge in [0.2, 0.25) is 0 Å². The first-order valence-corrected chi connectivity index (χ1v) is 8.68. The lowest BCUT2D eigenvalue weighted by Gasteiger charge is -2.32. The molecule has 0 radical (unpaired) electrons. The maximum atomic E-state index is 12.9. The fourth-order valence-corrected chi connectivity index (χ4v) is 3.26. The molecule has 0 bridgehead atoms. The summed E-state index contributed by atoms with van der Waals surface area (Å²) < 4.78 is 5.83. The molecular weight excluding hydrogens is 328 g/mol. The van der Waals surface area contributed by atoms with Crippen molar-refractivity contribution in [2.75, 3.05) is 19.7 Å². The van der Waals surface area contributed by atoms with E-state index in [0.29, 0.717) is 31.1 Å². The second-order valence-electron chi connectivity index (χ2n) is 6.54. The van der Waals surface area contributed by atoms with E-state index in [1.54, 1.807) is 11.1 Å². The first-order valence-electron chi connectivity index (χ1n) is 8.68. The smallest absolute Gasteiger partial charge is 0.255 e. The maximum absolute atomic E-state index is 12.9. The molecule has 2 aromatic heterocycles. The Labute approximate surface area is 151 Å². The molecule has 1 aromatic carbocycles. The van der Waals surface area contributed by atoms with E-state index in [2.05, 4.69) is 15.0 Å². The van der Waals surface area contributed by atoms with E-state index in [9.17, 15) is 4.79 Å². The maximum Gasteiger partial charge on any atom is 0.255 e. The first-order chi connectivity index (χ1) is 12.6. The van der Waals surface area contributed by atoms with E-state index < -0.39 is 0 Å². The van der Waals surface area contributed by atoms with Gasteiger partial charge in [-0.15, -0.1) is 0 Å². The van der Waals surface area contributed by atoms with Crippen LogP contribution in [-0.4, -0.2) is 45.5 Å². The van der Waals surface area contributed by atoms with Crippen LogP contribution in [0.4, 0.5) is 0 Å². The Balaban J connectivity index is 1.57. The molecule has 6 heteroatoms. The van der Waals surface area contributed by atoms with Gasteiger partial charge in [-0.2, -0.15) is 0 Å². The molecule has 26 heavy (non-hydrogen) atoms. The lowest BCUT2D eigenvalue weighted by atomic mass is 10.1. The molecule has 0 saturated carbocycles. The van der Waals surface area contributed by atoms with Gasteiger partial charge in [-0.25, -0.2) is 9.97 Å². The molecule has 6 nitrogen and oxygen atoms in total. The average molecular weight is 348 g/mol. The first kappa shape index (κ1) is 16.6. The Kier molecular flexibility index (Phi) is 4.34. The van der Waals surface area contributed by atoms with Crippen LogP contribution in [0.1, 0.15) is 33.7 Å². The number of aromatic nitrogens is 3. The summed E-state index contributed by atoms with van der Waals surface area (Å²) in [6.07, 6.45) is 1.34. The van der Waals surface area contributed by atoms with Gasteiger partial charge in [0.15, 0.2) is 5.82 Å². The molecule has 4 rings (SSSR count). The molecule has 1 atom stereocenters. The summed E-state index contributed by atoms with van der Waals surface area (Å²) in [6, 6.07) is 11.6. The van der Waals surface area contributed by atoms with Crippen molar-refractivity contribution in [1.82, 2.24) is 19.9 Å². The van der Waals surface area contributed by atoms with Crippen molar-refractivity contribution < 1.29 is 9.53 Å². The summed E-state index contributed by atoms with van der Waals surface area (Å²) in [5.41, 5.74) is 3.27. The van der Waals surface area contributed by atoms with Crippen LogP contribution in [0.2, 0.25) is 0 Å². The lowest BCUT2D eigenvalue weighted by Crippen LogP contribution is -2.42. The van der Waals surface area contributed by atoms with Crippen molar-refractivity contribution in [3.63, 3.8) is 0 Å². The highest BCUT2D eigenvalue weighted by Crippen LogP contribution is 2.22. The number of carbonyl (C=O) groups is 1. The molecule has 1 saturated heterocycles. The van der Waals surface area contributed by atoms with Gasteiger partial charge < -0.3 is 9.64 Å². The SMILES string of the molecule is Cc1cc(C)nc([C@@H]2CN(C(=O)c3cnc4ccccc4c3)CCO2)n1. The fourth-order valence-electron chi connectivity index (χ4n) is 3.26. The Bertz CT molecular complexity index is 953. The highest BCUT2D eigenvalue weighted by molar-refractivity contribution is 5.97. The minimum Gasteiger partial charge on any atom is -0.367 e. The van der Waals surface area contributed by atoms with Crippen LogP contribution in [0.25, 0.3) is 10.9 Å². The summed E-state index contributed by atoms with van der Waals surface area (Å²) in [5.74, 6) is 0.595. The Morgan fingerprint density at radius 2 is 1.92 bits per heavy atom. The number of amides is 1. The number of carbonyl (C=O) groups excluding carboxylic acids is 1. The van der Waals surface area contributed by atoms with Gasteiger partial charge in [-0.3, -0.25) is 9.78 Å². The number of aryl methyl sites for hydroxylation is 2. The van der Waals surface area contributed by atoms with Crippen molar-refractivity contribution in [2.45, 2.75) is 20.0 Å². The highest BCUT2D eigenvalue weighted by atomic mass is 16.5. The summed E-state index contributed by atoms with van der Waals surface area (Å²) in [7, 11) is 0. The van der Waals surface area contributed by atoms with Crippen molar-refractivity contribution in [1.29, 1.82) is 0 Å². The minimum absolute atomic E-state index is 0.0408. The zero-order valence-corrected chi connectivity index (χ0v) is 14.8. The van der Waals surface area contributed by atoms with Crippen LogP contribution in [0.5, 0.6) is 0 Å². The second-order valence-corrected chi connectivity index (χ2v) is 6.54. The van der Waals surface area contributed by atoms with Crippen LogP contribution in [0.15, 0.2) is 42.6 Å². The van der Waals surface area contributed by atoms with Gasteiger partial charge in [-0.1, -0.05) is 18.2 Å². The summed E-state index contributed by atoms with van der Waals surface area (Å²) in [4.78, 5) is 28.1. The van der Waals surface area contributed by atoms with Crippen LogP contribution in [-0.2, 0) is 4.74 Å². The quantitative estimate of drug-likeness (QED) is 0.712. The number of hydrogen-bond donors (Lipinski definition) is 0. The summed E-state index contributed by atoms with van der Waals surface area (Å²) >= 11 is 0. The number of ether oxygens (including phenoxy) is 1. The molecular formula is C20H20N4O2. The van der Waals surface area contributed by atoms with Gasteiger partial charge in [0.1, 0.15) is 6.10 Å². The van der Waals surface area contributed by atoms with Crippen molar-refractivity contribution in [2.24, 2.45) is 0 Å². The van der Waals surface area contributed by atoms with Crippen molar-refractivity contribution in [3.8, 4) is 0 Å². The molecule has 1 fully saturated rings. The molecule has 0 aliphatic carbocycles. The third-order valence-corrected chi connectivity index (χ3v) is 4.48.